The smallest absolute Gasteiger partial charge is 0.0568 e. The van der Waals surface area contributed by atoms with Crippen LogP contribution in [-0.4, -0.2) is 24.4 Å². The molecule has 94 valence electrons. The second kappa shape index (κ2) is 6.18. The standard InChI is InChI=1S/C15H22O2/c1-2-8-17-9-7-14(16)11-13-10-12-5-3-4-6-15(12)13/h3-6,13-14,16H,2,7-11H2,1H3. The molecule has 2 atom stereocenters. The average Bonchev–Trinajstić information content (AvgIpc) is 2.32. The number of benzene rings is 1. The third-order valence-electron chi connectivity index (χ3n) is 3.46. The highest BCUT2D eigenvalue weighted by atomic mass is 16.5. The van der Waals surface area contributed by atoms with Gasteiger partial charge in [0.25, 0.3) is 0 Å². The fraction of sp³-hybridized carbons (Fsp3) is 0.600. The van der Waals surface area contributed by atoms with Crippen molar-refractivity contribution in [3.63, 3.8) is 0 Å². The van der Waals surface area contributed by atoms with Gasteiger partial charge in [-0.3, -0.25) is 0 Å². The Morgan fingerprint density at radius 3 is 2.94 bits per heavy atom. The molecule has 1 N–H and O–H groups in total. The van der Waals surface area contributed by atoms with Crippen LogP contribution in [0.3, 0.4) is 0 Å². The van der Waals surface area contributed by atoms with Crippen molar-refractivity contribution in [1.29, 1.82) is 0 Å². The van der Waals surface area contributed by atoms with E-state index in [9.17, 15) is 5.11 Å². The quantitative estimate of drug-likeness (QED) is 0.735. The number of hydrogen-bond donors (Lipinski definition) is 1. The lowest BCUT2D eigenvalue weighted by molar-refractivity contribution is 0.0737. The Morgan fingerprint density at radius 1 is 1.35 bits per heavy atom. The van der Waals surface area contributed by atoms with Crippen molar-refractivity contribution in [2.75, 3.05) is 13.2 Å². The molecule has 1 aliphatic carbocycles. The molecule has 2 nitrogen and oxygen atoms in total. The van der Waals surface area contributed by atoms with E-state index in [1.54, 1.807) is 0 Å². The van der Waals surface area contributed by atoms with E-state index in [4.69, 9.17) is 4.74 Å². The molecular weight excluding hydrogens is 212 g/mol. The molecule has 1 aliphatic rings. The van der Waals surface area contributed by atoms with Gasteiger partial charge in [0.1, 0.15) is 0 Å². The van der Waals surface area contributed by atoms with E-state index < -0.39 is 0 Å². The summed E-state index contributed by atoms with van der Waals surface area (Å²) >= 11 is 0. The van der Waals surface area contributed by atoms with Crippen LogP contribution in [0.2, 0.25) is 0 Å². The van der Waals surface area contributed by atoms with E-state index in [-0.39, 0.29) is 6.10 Å². The Balaban J connectivity index is 1.69. The predicted molar refractivity (Wildman–Crippen MR) is 69.2 cm³/mol. The maximum absolute atomic E-state index is 9.93. The molecule has 0 radical (unpaired) electrons. The van der Waals surface area contributed by atoms with Gasteiger partial charge in [-0.25, -0.2) is 0 Å². The fourth-order valence-electron chi connectivity index (χ4n) is 2.49. The monoisotopic (exact) mass is 234 g/mol. The van der Waals surface area contributed by atoms with E-state index in [0.717, 1.165) is 32.3 Å². The van der Waals surface area contributed by atoms with Crippen LogP contribution < -0.4 is 0 Å². The number of aliphatic hydroxyl groups is 1. The average molecular weight is 234 g/mol. The third-order valence-corrected chi connectivity index (χ3v) is 3.46. The number of rotatable bonds is 7. The third kappa shape index (κ3) is 3.30. The molecular formula is C15H22O2. The first kappa shape index (κ1) is 12.6. The molecule has 0 saturated carbocycles. The van der Waals surface area contributed by atoms with Gasteiger partial charge < -0.3 is 9.84 Å². The van der Waals surface area contributed by atoms with Gasteiger partial charge in [0.15, 0.2) is 0 Å². The summed E-state index contributed by atoms with van der Waals surface area (Å²) in [7, 11) is 0. The maximum Gasteiger partial charge on any atom is 0.0568 e. The molecule has 2 unspecified atom stereocenters. The van der Waals surface area contributed by atoms with Crippen LogP contribution in [-0.2, 0) is 11.2 Å². The molecule has 0 fully saturated rings. The first-order chi connectivity index (χ1) is 8.31. The van der Waals surface area contributed by atoms with E-state index in [2.05, 4.69) is 31.2 Å². The second-order valence-electron chi connectivity index (χ2n) is 4.89. The van der Waals surface area contributed by atoms with Crippen molar-refractivity contribution in [3.05, 3.63) is 35.4 Å². The SMILES string of the molecule is CCCOCCC(O)CC1Cc2ccccc21. The largest absolute Gasteiger partial charge is 0.393 e. The van der Waals surface area contributed by atoms with Gasteiger partial charge in [-0.2, -0.15) is 0 Å². The van der Waals surface area contributed by atoms with Crippen LogP contribution in [0.25, 0.3) is 0 Å². The van der Waals surface area contributed by atoms with Crippen molar-refractivity contribution in [1.82, 2.24) is 0 Å². The Kier molecular flexibility index (Phi) is 4.57. The molecule has 1 aromatic carbocycles. The number of aliphatic hydroxyl groups excluding tert-OH is 1. The summed E-state index contributed by atoms with van der Waals surface area (Å²) in [5.41, 5.74) is 2.88. The maximum atomic E-state index is 9.93. The van der Waals surface area contributed by atoms with Crippen molar-refractivity contribution in [2.24, 2.45) is 0 Å². The van der Waals surface area contributed by atoms with E-state index in [1.807, 2.05) is 0 Å². The van der Waals surface area contributed by atoms with E-state index >= 15 is 0 Å². The second-order valence-corrected chi connectivity index (χ2v) is 4.89. The van der Waals surface area contributed by atoms with Crippen molar-refractivity contribution in [2.45, 2.75) is 44.6 Å². The summed E-state index contributed by atoms with van der Waals surface area (Å²) in [6, 6.07) is 8.54. The van der Waals surface area contributed by atoms with Crippen molar-refractivity contribution >= 4 is 0 Å². The van der Waals surface area contributed by atoms with Gasteiger partial charge in [0.05, 0.1) is 6.10 Å². The van der Waals surface area contributed by atoms with Gasteiger partial charge >= 0.3 is 0 Å². The summed E-state index contributed by atoms with van der Waals surface area (Å²) in [6.07, 6.45) is 3.60. The molecule has 2 heteroatoms. The molecule has 1 aromatic rings. The highest BCUT2D eigenvalue weighted by Gasteiger charge is 2.27. The molecule has 2 rings (SSSR count). The number of fused-ring (bicyclic) bond motifs is 1. The Labute approximate surface area is 104 Å². The first-order valence-corrected chi connectivity index (χ1v) is 6.65. The Bertz CT molecular complexity index is 349. The lowest BCUT2D eigenvalue weighted by Crippen LogP contribution is -2.23. The van der Waals surface area contributed by atoms with Crippen LogP contribution in [0.4, 0.5) is 0 Å². The summed E-state index contributed by atoms with van der Waals surface area (Å²) in [4.78, 5) is 0. The highest BCUT2D eigenvalue weighted by molar-refractivity contribution is 5.39. The normalized spacial score (nSPS) is 19.5. The number of hydrogen-bond acceptors (Lipinski definition) is 2. The molecule has 0 amide bonds. The summed E-state index contributed by atoms with van der Waals surface area (Å²) in [5, 5.41) is 9.93. The Hall–Kier alpha value is -0.860. The molecule has 0 bridgehead atoms. The fourth-order valence-corrected chi connectivity index (χ4v) is 2.49. The van der Waals surface area contributed by atoms with Crippen LogP contribution in [0, 0.1) is 0 Å². The Morgan fingerprint density at radius 2 is 2.18 bits per heavy atom. The van der Waals surface area contributed by atoms with Crippen molar-refractivity contribution in [3.8, 4) is 0 Å². The molecule has 0 spiro atoms. The zero-order chi connectivity index (χ0) is 12.1. The van der Waals surface area contributed by atoms with Crippen LogP contribution in [0.15, 0.2) is 24.3 Å². The molecule has 0 aromatic heterocycles. The van der Waals surface area contributed by atoms with Crippen LogP contribution >= 0.6 is 0 Å². The summed E-state index contributed by atoms with van der Waals surface area (Å²) in [5.74, 6) is 0.562. The molecule has 17 heavy (non-hydrogen) atoms. The minimum Gasteiger partial charge on any atom is -0.393 e. The summed E-state index contributed by atoms with van der Waals surface area (Å²) < 4.78 is 5.40. The first-order valence-electron chi connectivity index (χ1n) is 6.65. The van der Waals surface area contributed by atoms with Crippen LogP contribution in [0.5, 0.6) is 0 Å². The predicted octanol–water partition coefficient (Wildman–Crippen LogP) is 2.89. The molecule has 0 aliphatic heterocycles. The van der Waals surface area contributed by atoms with E-state index in [1.165, 1.54) is 11.1 Å². The van der Waals surface area contributed by atoms with Gasteiger partial charge in [-0.15, -0.1) is 0 Å². The van der Waals surface area contributed by atoms with Gasteiger partial charge in [-0.1, -0.05) is 31.2 Å². The number of ether oxygens (including phenoxy) is 1. The van der Waals surface area contributed by atoms with Gasteiger partial charge in [-0.05, 0) is 42.7 Å². The minimum atomic E-state index is -0.217. The molecule has 0 saturated heterocycles. The zero-order valence-corrected chi connectivity index (χ0v) is 10.6. The lowest BCUT2D eigenvalue weighted by Gasteiger charge is -2.31. The highest BCUT2D eigenvalue weighted by Crippen LogP contribution is 2.38. The topological polar surface area (TPSA) is 29.5 Å². The summed E-state index contributed by atoms with van der Waals surface area (Å²) in [6.45, 7) is 3.59. The molecule has 0 heterocycles. The van der Waals surface area contributed by atoms with Crippen molar-refractivity contribution < 1.29 is 9.84 Å². The lowest BCUT2D eigenvalue weighted by atomic mass is 9.74. The van der Waals surface area contributed by atoms with Crippen LogP contribution in [0.1, 0.15) is 43.2 Å². The van der Waals surface area contributed by atoms with Gasteiger partial charge in [0.2, 0.25) is 0 Å². The van der Waals surface area contributed by atoms with Gasteiger partial charge in [0, 0.05) is 13.2 Å². The van der Waals surface area contributed by atoms with E-state index in [0.29, 0.717) is 12.5 Å². The minimum absolute atomic E-state index is 0.217. The zero-order valence-electron chi connectivity index (χ0n) is 10.6.